The van der Waals surface area contributed by atoms with Crippen molar-refractivity contribution >= 4 is 27.5 Å². The molecule has 0 aliphatic carbocycles. The number of imide groups is 1. The van der Waals surface area contributed by atoms with Crippen LogP contribution < -0.4 is 5.32 Å². The number of sulfonamides is 1. The third-order valence-electron chi connectivity index (χ3n) is 4.13. The maximum atomic E-state index is 12.5. The highest BCUT2D eigenvalue weighted by molar-refractivity contribution is 7.89. The van der Waals surface area contributed by atoms with Crippen LogP contribution in [0.2, 0.25) is 0 Å². The van der Waals surface area contributed by atoms with Gasteiger partial charge in [0.05, 0.1) is 11.4 Å². The molecule has 2 aliphatic rings. The van der Waals surface area contributed by atoms with Crippen molar-refractivity contribution in [3.63, 3.8) is 0 Å². The predicted octanol–water partition coefficient (Wildman–Crippen LogP) is 1.16. The topological polar surface area (TPSA) is 86.8 Å². The first kappa shape index (κ1) is 16.7. The van der Waals surface area contributed by atoms with Gasteiger partial charge in [-0.1, -0.05) is 0 Å². The highest BCUT2D eigenvalue weighted by atomic mass is 32.2. The third kappa shape index (κ3) is 3.20. The second-order valence-electron chi connectivity index (χ2n) is 5.87. The number of amides is 2. The van der Waals surface area contributed by atoms with E-state index in [9.17, 15) is 18.0 Å². The summed E-state index contributed by atoms with van der Waals surface area (Å²) in [4.78, 5) is 24.4. The van der Waals surface area contributed by atoms with Crippen molar-refractivity contribution in [2.45, 2.75) is 24.7 Å². The monoisotopic (exact) mass is 349 g/mol. The van der Waals surface area contributed by atoms with Crippen molar-refractivity contribution in [3.8, 4) is 0 Å². The van der Waals surface area contributed by atoms with Crippen molar-refractivity contribution < 1.29 is 18.0 Å². The van der Waals surface area contributed by atoms with Gasteiger partial charge in [-0.3, -0.25) is 14.5 Å². The summed E-state index contributed by atoms with van der Waals surface area (Å²) < 4.78 is 26.4. The Morgan fingerprint density at radius 3 is 2.29 bits per heavy atom. The molecule has 7 nitrogen and oxygen atoms in total. The molecule has 2 amide bonds. The zero-order valence-corrected chi connectivity index (χ0v) is 14.2. The summed E-state index contributed by atoms with van der Waals surface area (Å²) in [7, 11) is -3.43. The molecule has 0 unspecified atom stereocenters. The molecule has 0 aromatic heterocycles. The molecule has 24 heavy (non-hydrogen) atoms. The molecule has 0 spiro atoms. The summed E-state index contributed by atoms with van der Waals surface area (Å²) in [6, 6.07) is 6.42. The van der Waals surface area contributed by atoms with Crippen molar-refractivity contribution in [2.24, 2.45) is 0 Å². The number of hydrogen-bond donors (Lipinski definition) is 1. The van der Waals surface area contributed by atoms with Crippen LogP contribution in [0, 0.1) is 0 Å². The number of rotatable bonds is 4. The molecule has 2 heterocycles. The fourth-order valence-corrected chi connectivity index (χ4v) is 4.35. The Hall–Kier alpha value is -2.19. The van der Waals surface area contributed by atoms with Gasteiger partial charge in [-0.2, -0.15) is 4.31 Å². The molecule has 3 rings (SSSR count). The van der Waals surface area contributed by atoms with Crippen LogP contribution in [0.3, 0.4) is 0 Å². The van der Waals surface area contributed by atoms with Crippen molar-refractivity contribution in [1.82, 2.24) is 9.21 Å². The summed E-state index contributed by atoms with van der Waals surface area (Å²) in [6.07, 6.45) is 3.16. The molecule has 8 heteroatoms. The van der Waals surface area contributed by atoms with Gasteiger partial charge in [-0.15, -0.1) is 0 Å². The Kier molecular flexibility index (Phi) is 4.42. The van der Waals surface area contributed by atoms with E-state index in [1.54, 1.807) is 24.3 Å². The SMILES string of the molecule is CC(=O)N1CC(Nc2ccc(S(=O)(=O)N3CCCC3)cc2)=CC1=O. The fourth-order valence-electron chi connectivity index (χ4n) is 2.84. The van der Waals surface area contributed by atoms with E-state index in [-0.39, 0.29) is 23.3 Å². The zero-order valence-electron chi connectivity index (χ0n) is 13.4. The molecule has 1 aromatic rings. The van der Waals surface area contributed by atoms with Crippen molar-refractivity contribution in [3.05, 3.63) is 36.0 Å². The maximum Gasteiger partial charge on any atom is 0.255 e. The lowest BCUT2D eigenvalue weighted by molar-refractivity contribution is -0.138. The quantitative estimate of drug-likeness (QED) is 0.881. The van der Waals surface area contributed by atoms with Gasteiger partial charge in [-0.05, 0) is 37.1 Å². The molecule has 128 valence electrons. The van der Waals surface area contributed by atoms with Gasteiger partial charge < -0.3 is 5.32 Å². The van der Waals surface area contributed by atoms with E-state index in [0.29, 0.717) is 24.5 Å². The van der Waals surface area contributed by atoms with E-state index >= 15 is 0 Å². The van der Waals surface area contributed by atoms with E-state index < -0.39 is 10.0 Å². The molecule has 0 radical (unpaired) electrons. The molecule has 0 atom stereocenters. The fraction of sp³-hybridized carbons (Fsp3) is 0.375. The van der Waals surface area contributed by atoms with Gasteiger partial charge >= 0.3 is 0 Å². The largest absolute Gasteiger partial charge is 0.357 e. The second kappa shape index (κ2) is 6.37. The van der Waals surface area contributed by atoms with Gasteiger partial charge in [0, 0.05) is 37.5 Å². The third-order valence-corrected chi connectivity index (χ3v) is 6.05. The Bertz CT molecular complexity index is 793. The van der Waals surface area contributed by atoms with Gasteiger partial charge in [0.2, 0.25) is 15.9 Å². The van der Waals surface area contributed by atoms with Crippen LogP contribution in [0.4, 0.5) is 5.69 Å². The van der Waals surface area contributed by atoms with Crippen LogP contribution in [-0.4, -0.2) is 49.1 Å². The molecular weight excluding hydrogens is 330 g/mol. The number of hydrogen-bond acceptors (Lipinski definition) is 5. The zero-order chi connectivity index (χ0) is 17.3. The van der Waals surface area contributed by atoms with Gasteiger partial charge in [-0.25, -0.2) is 8.42 Å². The van der Waals surface area contributed by atoms with Crippen molar-refractivity contribution in [1.29, 1.82) is 0 Å². The summed E-state index contributed by atoms with van der Waals surface area (Å²) in [5, 5.41) is 3.04. The van der Waals surface area contributed by atoms with E-state index in [1.165, 1.54) is 17.3 Å². The number of nitrogens with one attached hydrogen (secondary N) is 1. The Balaban J connectivity index is 1.71. The Morgan fingerprint density at radius 1 is 1.12 bits per heavy atom. The standard InChI is InChI=1S/C16H19N3O4S/c1-12(20)19-11-14(10-16(19)21)17-13-4-6-15(7-5-13)24(22,23)18-8-2-3-9-18/h4-7,10,17H,2-3,8-9,11H2,1H3. The van der Waals surface area contributed by atoms with E-state index in [0.717, 1.165) is 17.7 Å². The number of carbonyl (C=O) groups excluding carboxylic acids is 2. The minimum atomic E-state index is -3.43. The van der Waals surface area contributed by atoms with E-state index in [2.05, 4.69) is 5.32 Å². The summed E-state index contributed by atoms with van der Waals surface area (Å²) in [6.45, 7) is 2.67. The lowest BCUT2D eigenvalue weighted by Gasteiger charge is -2.16. The number of carbonyl (C=O) groups is 2. The average molecular weight is 349 g/mol. The first-order valence-electron chi connectivity index (χ1n) is 7.78. The van der Waals surface area contributed by atoms with Crippen LogP contribution >= 0.6 is 0 Å². The number of nitrogens with zero attached hydrogens (tertiary/aromatic N) is 2. The van der Waals surface area contributed by atoms with Crippen LogP contribution in [0.25, 0.3) is 0 Å². The Labute approximate surface area is 141 Å². The minimum Gasteiger partial charge on any atom is -0.357 e. The lowest BCUT2D eigenvalue weighted by atomic mass is 10.3. The van der Waals surface area contributed by atoms with E-state index in [1.807, 2.05) is 0 Å². The van der Waals surface area contributed by atoms with Crippen molar-refractivity contribution in [2.75, 3.05) is 25.0 Å². The second-order valence-corrected chi connectivity index (χ2v) is 7.81. The first-order valence-corrected chi connectivity index (χ1v) is 9.22. The summed E-state index contributed by atoms with van der Waals surface area (Å²) in [5.74, 6) is -0.654. The molecule has 1 N–H and O–H groups in total. The number of benzene rings is 1. The van der Waals surface area contributed by atoms with Crippen LogP contribution in [0.1, 0.15) is 19.8 Å². The molecule has 1 aromatic carbocycles. The predicted molar refractivity (Wildman–Crippen MR) is 88.5 cm³/mol. The highest BCUT2D eigenvalue weighted by Gasteiger charge is 2.27. The Morgan fingerprint density at radius 2 is 1.75 bits per heavy atom. The molecule has 1 fully saturated rings. The summed E-state index contributed by atoms with van der Waals surface area (Å²) in [5.41, 5.74) is 1.27. The van der Waals surface area contributed by atoms with Gasteiger partial charge in [0.15, 0.2) is 0 Å². The molecular formula is C16H19N3O4S. The molecule has 0 saturated carbocycles. The van der Waals surface area contributed by atoms with E-state index in [4.69, 9.17) is 0 Å². The smallest absolute Gasteiger partial charge is 0.255 e. The molecule has 2 aliphatic heterocycles. The number of anilines is 1. The first-order chi connectivity index (χ1) is 11.4. The molecule has 0 bridgehead atoms. The normalized spacial score (nSPS) is 18.8. The average Bonchev–Trinajstić information content (AvgIpc) is 3.18. The van der Waals surface area contributed by atoms with Gasteiger partial charge in [0.25, 0.3) is 5.91 Å². The lowest BCUT2D eigenvalue weighted by Crippen LogP contribution is -2.31. The summed E-state index contributed by atoms with van der Waals surface area (Å²) >= 11 is 0. The van der Waals surface area contributed by atoms with Crippen LogP contribution in [-0.2, 0) is 19.6 Å². The van der Waals surface area contributed by atoms with Crippen LogP contribution in [0.5, 0.6) is 0 Å². The molecule has 1 saturated heterocycles. The maximum absolute atomic E-state index is 12.5. The highest BCUT2D eigenvalue weighted by Crippen LogP contribution is 2.23. The van der Waals surface area contributed by atoms with Crippen LogP contribution in [0.15, 0.2) is 40.9 Å². The minimum absolute atomic E-state index is 0.196. The van der Waals surface area contributed by atoms with Gasteiger partial charge in [0.1, 0.15) is 0 Å².